The first-order valence-electron chi connectivity index (χ1n) is 8.61. The van der Waals surface area contributed by atoms with E-state index in [4.69, 9.17) is 5.73 Å². The van der Waals surface area contributed by atoms with Crippen LogP contribution in [0.4, 0.5) is 0 Å². The zero-order valence-electron chi connectivity index (χ0n) is 14.8. The van der Waals surface area contributed by atoms with Crippen LogP contribution in [-0.4, -0.2) is 21.1 Å². The van der Waals surface area contributed by atoms with Crippen LogP contribution in [0.2, 0.25) is 0 Å². The molecule has 132 valence electrons. The topological polar surface area (TPSA) is 84.7 Å². The number of hydrogen-bond acceptors (Lipinski definition) is 3. The lowest BCUT2D eigenvalue weighted by Crippen LogP contribution is -2.12. The summed E-state index contributed by atoms with van der Waals surface area (Å²) in [6.45, 7) is 2.11. The number of hydrogen-bond donors (Lipinski definition) is 2. The van der Waals surface area contributed by atoms with Crippen molar-refractivity contribution >= 4 is 5.91 Å². The second-order valence-electron chi connectivity index (χ2n) is 6.31. The van der Waals surface area contributed by atoms with Crippen LogP contribution < -0.4 is 5.73 Å². The average Bonchev–Trinajstić information content (AvgIpc) is 3.19. The fourth-order valence-electron chi connectivity index (χ4n) is 3.17. The molecule has 1 aromatic heterocycles. The molecule has 1 amide bonds. The molecule has 0 aliphatic heterocycles. The molecule has 3 N–H and O–H groups in total. The number of aryl methyl sites for hydroxylation is 1. The fourth-order valence-corrected chi connectivity index (χ4v) is 3.17. The highest BCUT2D eigenvalue weighted by molar-refractivity contribution is 5.89. The molecule has 1 heterocycles. The van der Waals surface area contributed by atoms with Gasteiger partial charge >= 0.3 is 0 Å². The maximum Gasteiger partial charge on any atom is 0.286 e. The number of aromatic amines is 1. The standard InChI is InChI=1S/C22H18N4O/c1-14-7-2-3-10-17(14)19-12-5-4-11-18(19)15-8-6-9-16(13-15)21-24-22(20(23)27)26-25-21/h2-13H,1H3,(H2,23,27)(H,24,25,26). The van der Waals surface area contributed by atoms with Crippen molar-refractivity contribution in [3.63, 3.8) is 0 Å². The predicted octanol–water partition coefficient (Wildman–Crippen LogP) is 4.21. The molecular weight excluding hydrogens is 336 g/mol. The van der Waals surface area contributed by atoms with Gasteiger partial charge in [0.05, 0.1) is 0 Å². The molecule has 0 bridgehead atoms. The van der Waals surface area contributed by atoms with Gasteiger partial charge in [0, 0.05) is 5.56 Å². The van der Waals surface area contributed by atoms with Crippen LogP contribution in [0, 0.1) is 6.92 Å². The Kier molecular flexibility index (Phi) is 4.26. The average molecular weight is 354 g/mol. The summed E-state index contributed by atoms with van der Waals surface area (Å²) in [5.41, 5.74) is 11.8. The maximum absolute atomic E-state index is 11.3. The Morgan fingerprint density at radius 3 is 2.22 bits per heavy atom. The van der Waals surface area contributed by atoms with Crippen molar-refractivity contribution in [2.75, 3.05) is 0 Å². The highest BCUT2D eigenvalue weighted by Crippen LogP contribution is 2.34. The van der Waals surface area contributed by atoms with Gasteiger partial charge < -0.3 is 5.73 Å². The van der Waals surface area contributed by atoms with E-state index in [2.05, 4.69) is 58.5 Å². The normalized spacial score (nSPS) is 10.7. The summed E-state index contributed by atoms with van der Waals surface area (Å²) in [5.74, 6) is -0.135. The van der Waals surface area contributed by atoms with E-state index in [-0.39, 0.29) is 5.82 Å². The lowest BCUT2D eigenvalue weighted by molar-refractivity contribution is 0.0991. The van der Waals surface area contributed by atoms with Crippen molar-refractivity contribution in [1.82, 2.24) is 15.2 Å². The summed E-state index contributed by atoms with van der Waals surface area (Å²) in [4.78, 5) is 15.4. The largest absolute Gasteiger partial charge is 0.363 e. The minimum atomic E-state index is -0.630. The van der Waals surface area contributed by atoms with Crippen molar-refractivity contribution in [1.29, 1.82) is 0 Å². The summed E-state index contributed by atoms with van der Waals surface area (Å²) < 4.78 is 0. The Morgan fingerprint density at radius 1 is 0.852 bits per heavy atom. The van der Waals surface area contributed by atoms with Crippen LogP contribution in [0.25, 0.3) is 33.6 Å². The fraction of sp³-hybridized carbons (Fsp3) is 0.0455. The highest BCUT2D eigenvalue weighted by Gasteiger charge is 2.13. The van der Waals surface area contributed by atoms with Gasteiger partial charge in [-0.15, -0.1) is 0 Å². The van der Waals surface area contributed by atoms with Crippen molar-refractivity contribution in [2.45, 2.75) is 6.92 Å². The van der Waals surface area contributed by atoms with E-state index < -0.39 is 5.91 Å². The van der Waals surface area contributed by atoms with E-state index in [1.54, 1.807) is 0 Å². The van der Waals surface area contributed by atoms with Gasteiger partial charge in [-0.05, 0) is 40.8 Å². The van der Waals surface area contributed by atoms with E-state index in [0.717, 1.165) is 16.7 Å². The third kappa shape index (κ3) is 3.22. The molecule has 0 aliphatic carbocycles. The molecule has 0 radical (unpaired) electrons. The first-order valence-corrected chi connectivity index (χ1v) is 8.61. The second-order valence-corrected chi connectivity index (χ2v) is 6.31. The Bertz CT molecular complexity index is 1130. The number of amides is 1. The first kappa shape index (κ1) is 16.7. The van der Waals surface area contributed by atoms with Crippen molar-refractivity contribution in [3.05, 3.63) is 84.2 Å². The van der Waals surface area contributed by atoms with Gasteiger partial charge in [-0.2, -0.15) is 5.10 Å². The van der Waals surface area contributed by atoms with E-state index >= 15 is 0 Å². The Hall–Kier alpha value is -3.73. The third-order valence-electron chi connectivity index (χ3n) is 4.51. The van der Waals surface area contributed by atoms with E-state index in [1.807, 2.05) is 36.4 Å². The lowest BCUT2D eigenvalue weighted by Gasteiger charge is -2.13. The molecule has 27 heavy (non-hydrogen) atoms. The smallest absolute Gasteiger partial charge is 0.286 e. The summed E-state index contributed by atoms with van der Waals surface area (Å²) in [7, 11) is 0. The van der Waals surface area contributed by atoms with Crippen molar-refractivity contribution in [3.8, 4) is 33.6 Å². The first-order chi connectivity index (χ1) is 13.1. The molecule has 0 saturated carbocycles. The van der Waals surface area contributed by atoms with Crippen molar-refractivity contribution in [2.24, 2.45) is 5.73 Å². The summed E-state index contributed by atoms with van der Waals surface area (Å²) in [6, 6.07) is 24.6. The molecule has 0 fully saturated rings. The van der Waals surface area contributed by atoms with Crippen LogP contribution in [-0.2, 0) is 0 Å². The molecule has 0 unspecified atom stereocenters. The van der Waals surface area contributed by atoms with Crippen molar-refractivity contribution < 1.29 is 4.79 Å². The van der Waals surface area contributed by atoms with E-state index in [0.29, 0.717) is 5.82 Å². The zero-order valence-corrected chi connectivity index (χ0v) is 14.8. The molecule has 5 heteroatoms. The Labute approximate surface area is 156 Å². The maximum atomic E-state index is 11.3. The Morgan fingerprint density at radius 2 is 1.52 bits per heavy atom. The summed E-state index contributed by atoms with van der Waals surface area (Å²) in [6.07, 6.45) is 0. The van der Waals surface area contributed by atoms with E-state index in [9.17, 15) is 4.79 Å². The molecule has 4 aromatic rings. The second kappa shape index (κ2) is 6.88. The number of H-pyrrole nitrogens is 1. The van der Waals surface area contributed by atoms with Gasteiger partial charge in [-0.25, -0.2) is 4.98 Å². The summed E-state index contributed by atoms with van der Waals surface area (Å²) >= 11 is 0. The number of benzene rings is 3. The highest BCUT2D eigenvalue weighted by atomic mass is 16.1. The lowest BCUT2D eigenvalue weighted by atomic mass is 9.91. The quantitative estimate of drug-likeness (QED) is 0.575. The van der Waals surface area contributed by atoms with Gasteiger partial charge in [0.1, 0.15) is 0 Å². The number of aromatic nitrogens is 3. The van der Waals surface area contributed by atoms with Crippen LogP contribution in [0.15, 0.2) is 72.8 Å². The molecular formula is C22H18N4O. The van der Waals surface area contributed by atoms with Gasteiger partial charge in [0.15, 0.2) is 5.82 Å². The number of rotatable bonds is 4. The third-order valence-corrected chi connectivity index (χ3v) is 4.51. The van der Waals surface area contributed by atoms with Gasteiger partial charge in [0.25, 0.3) is 5.91 Å². The number of carbonyl (C=O) groups excluding carboxylic acids is 1. The van der Waals surface area contributed by atoms with Crippen LogP contribution in [0.1, 0.15) is 16.2 Å². The molecule has 0 atom stereocenters. The molecule has 3 aromatic carbocycles. The Balaban J connectivity index is 1.81. The predicted molar refractivity (Wildman–Crippen MR) is 106 cm³/mol. The van der Waals surface area contributed by atoms with Crippen LogP contribution >= 0.6 is 0 Å². The van der Waals surface area contributed by atoms with E-state index in [1.165, 1.54) is 16.7 Å². The summed E-state index contributed by atoms with van der Waals surface area (Å²) in [5, 5.41) is 6.67. The molecule has 5 nitrogen and oxygen atoms in total. The molecule has 4 rings (SSSR count). The minimum Gasteiger partial charge on any atom is -0.363 e. The van der Waals surface area contributed by atoms with Gasteiger partial charge in [-0.1, -0.05) is 66.7 Å². The van der Waals surface area contributed by atoms with Gasteiger partial charge in [0.2, 0.25) is 5.82 Å². The molecule has 0 aliphatic rings. The molecule has 0 saturated heterocycles. The number of nitrogens with zero attached hydrogens (tertiary/aromatic N) is 2. The molecule has 0 spiro atoms. The zero-order chi connectivity index (χ0) is 18.8. The van der Waals surface area contributed by atoms with Crippen LogP contribution in [0.5, 0.6) is 0 Å². The number of carbonyl (C=O) groups is 1. The minimum absolute atomic E-state index is 0.0516. The number of primary amides is 1. The van der Waals surface area contributed by atoms with Gasteiger partial charge in [-0.3, -0.25) is 9.89 Å². The number of nitrogens with two attached hydrogens (primary N) is 1. The number of nitrogens with one attached hydrogen (secondary N) is 1. The monoisotopic (exact) mass is 354 g/mol. The SMILES string of the molecule is Cc1ccccc1-c1ccccc1-c1cccc(-c2n[nH]c(C(N)=O)n2)c1. The van der Waals surface area contributed by atoms with Crippen LogP contribution in [0.3, 0.4) is 0 Å².